The zero-order valence-corrected chi connectivity index (χ0v) is 12.7. The van der Waals surface area contributed by atoms with Gasteiger partial charge in [0.2, 0.25) is 5.91 Å². The highest BCUT2D eigenvalue weighted by molar-refractivity contribution is 5.82. The van der Waals surface area contributed by atoms with Crippen molar-refractivity contribution in [2.24, 2.45) is 0 Å². The van der Waals surface area contributed by atoms with Crippen LogP contribution < -0.4 is 10.1 Å². The molecule has 1 amide bonds. The molecule has 2 heterocycles. The second-order valence-electron chi connectivity index (χ2n) is 6.10. The Morgan fingerprint density at radius 2 is 1.90 bits per heavy atom. The van der Waals surface area contributed by atoms with Crippen molar-refractivity contribution < 1.29 is 9.53 Å². The van der Waals surface area contributed by atoms with Gasteiger partial charge in [-0.2, -0.15) is 0 Å². The molecule has 21 heavy (non-hydrogen) atoms. The summed E-state index contributed by atoms with van der Waals surface area (Å²) in [6.07, 6.45) is 4.18. The van der Waals surface area contributed by atoms with Crippen LogP contribution in [0.15, 0.2) is 24.3 Å². The lowest BCUT2D eigenvalue weighted by molar-refractivity contribution is -0.134. The van der Waals surface area contributed by atoms with E-state index in [1.165, 1.54) is 5.56 Å². The Labute approximate surface area is 126 Å². The van der Waals surface area contributed by atoms with E-state index in [1.807, 2.05) is 17.0 Å². The summed E-state index contributed by atoms with van der Waals surface area (Å²) in [7, 11) is 0. The average Bonchev–Trinajstić information content (AvgIpc) is 3.04. The number of aryl methyl sites for hydroxylation is 1. The molecule has 2 aliphatic heterocycles. The number of benzene rings is 1. The lowest BCUT2D eigenvalue weighted by Gasteiger charge is -2.33. The monoisotopic (exact) mass is 288 g/mol. The van der Waals surface area contributed by atoms with Gasteiger partial charge in [-0.05, 0) is 38.4 Å². The van der Waals surface area contributed by atoms with Crippen molar-refractivity contribution in [3.8, 4) is 5.75 Å². The standard InChI is InChI=1S/C17H24N2O2/c1-13-4-6-14(7-5-13)21-15-8-11-19(12-9-15)17(20)16-3-2-10-18-16/h4-7,15-16,18H,2-3,8-12H2,1H3. The summed E-state index contributed by atoms with van der Waals surface area (Å²) in [5.41, 5.74) is 1.24. The fourth-order valence-corrected chi connectivity index (χ4v) is 3.12. The van der Waals surface area contributed by atoms with Crippen molar-refractivity contribution in [2.75, 3.05) is 19.6 Å². The van der Waals surface area contributed by atoms with Gasteiger partial charge in [0.25, 0.3) is 0 Å². The molecule has 2 fully saturated rings. The maximum atomic E-state index is 12.3. The maximum Gasteiger partial charge on any atom is 0.239 e. The van der Waals surface area contributed by atoms with Crippen LogP contribution in [0.1, 0.15) is 31.2 Å². The van der Waals surface area contributed by atoms with E-state index in [0.29, 0.717) is 0 Å². The third-order valence-corrected chi connectivity index (χ3v) is 4.44. The average molecular weight is 288 g/mol. The molecule has 0 spiro atoms. The second kappa shape index (κ2) is 6.48. The van der Waals surface area contributed by atoms with Gasteiger partial charge in [-0.25, -0.2) is 0 Å². The van der Waals surface area contributed by atoms with Crippen LogP contribution in [0.4, 0.5) is 0 Å². The third kappa shape index (κ3) is 3.56. The van der Waals surface area contributed by atoms with E-state index in [1.54, 1.807) is 0 Å². The molecule has 2 saturated heterocycles. The fraction of sp³-hybridized carbons (Fsp3) is 0.588. The van der Waals surface area contributed by atoms with Crippen LogP contribution in [0.5, 0.6) is 5.75 Å². The highest BCUT2D eigenvalue weighted by Crippen LogP contribution is 2.20. The van der Waals surface area contributed by atoms with Crippen molar-refractivity contribution in [3.63, 3.8) is 0 Å². The van der Waals surface area contributed by atoms with E-state index in [9.17, 15) is 4.79 Å². The number of carbonyl (C=O) groups is 1. The second-order valence-corrected chi connectivity index (χ2v) is 6.10. The number of hydrogen-bond acceptors (Lipinski definition) is 3. The first kappa shape index (κ1) is 14.4. The van der Waals surface area contributed by atoms with Gasteiger partial charge in [-0.1, -0.05) is 17.7 Å². The summed E-state index contributed by atoms with van der Waals surface area (Å²) in [5, 5.41) is 3.29. The fourth-order valence-electron chi connectivity index (χ4n) is 3.12. The summed E-state index contributed by atoms with van der Waals surface area (Å²) >= 11 is 0. The van der Waals surface area contributed by atoms with Gasteiger partial charge in [-0.15, -0.1) is 0 Å². The quantitative estimate of drug-likeness (QED) is 0.926. The number of nitrogens with one attached hydrogen (secondary N) is 1. The Hall–Kier alpha value is -1.55. The van der Waals surface area contributed by atoms with Crippen LogP contribution in [0.3, 0.4) is 0 Å². The molecule has 1 atom stereocenters. The van der Waals surface area contributed by atoms with Gasteiger partial charge in [0.15, 0.2) is 0 Å². The number of rotatable bonds is 3. The molecule has 1 aromatic carbocycles. The molecule has 1 N–H and O–H groups in total. The highest BCUT2D eigenvalue weighted by Gasteiger charge is 2.30. The zero-order valence-electron chi connectivity index (χ0n) is 12.7. The lowest BCUT2D eigenvalue weighted by Crippen LogP contribution is -2.48. The summed E-state index contributed by atoms with van der Waals surface area (Å²) in [6, 6.07) is 8.24. The lowest BCUT2D eigenvalue weighted by atomic mass is 10.1. The van der Waals surface area contributed by atoms with Crippen molar-refractivity contribution in [3.05, 3.63) is 29.8 Å². The van der Waals surface area contributed by atoms with Crippen molar-refractivity contribution in [1.82, 2.24) is 10.2 Å². The Kier molecular flexibility index (Phi) is 4.44. The van der Waals surface area contributed by atoms with E-state index in [0.717, 1.165) is 51.1 Å². The minimum absolute atomic E-state index is 0.0552. The molecular formula is C17H24N2O2. The van der Waals surface area contributed by atoms with Crippen LogP contribution in [0.2, 0.25) is 0 Å². The first-order valence-corrected chi connectivity index (χ1v) is 7.98. The Balaban J connectivity index is 1.48. The van der Waals surface area contributed by atoms with Crippen molar-refractivity contribution in [1.29, 1.82) is 0 Å². The normalized spacial score (nSPS) is 23.3. The topological polar surface area (TPSA) is 41.6 Å². The Bertz CT molecular complexity index is 472. The van der Waals surface area contributed by atoms with Gasteiger partial charge < -0.3 is 15.0 Å². The molecule has 1 aromatic rings. The van der Waals surface area contributed by atoms with Gasteiger partial charge in [0.05, 0.1) is 6.04 Å². The van der Waals surface area contributed by atoms with E-state index in [-0.39, 0.29) is 18.1 Å². The molecule has 4 nitrogen and oxygen atoms in total. The number of ether oxygens (including phenoxy) is 1. The smallest absolute Gasteiger partial charge is 0.239 e. The Morgan fingerprint density at radius 3 is 2.52 bits per heavy atom. The minimum Gasteiger partial charge on any atom is -0.490 e. The minimum atomic E-state index is 0.0552. The number of piperidine rings is 1. The van der Waals surface area contributed by atoms with Crippen molar-refractivity contribution in [2.45, 2.75) is 44.8 Å². The number of carbonyl (C=O) groups excluding carboxylic acids is 1. The molecule has 0 aromatic heterocycles. The molecule has 0 saturated carbocycles. The van der Waals surface area contributed by atoms with E-state index in [4.69, 9.17) is 4.74 Å². The predicted octanol–water partition coefficient (Wildman–Crippen LogP) is 2.12. The number of amides is 1. The molecule has 0 radical (unpaired) electrons. The van der Waals surface area contributed by atoms with E-state index in [2.05, 4.69) is 24.4 Å². The zero-order chi connectivity index (χ0) is 14.7. The van der Waals surface area contributed by atoms with Crippen LogP contribution in [0.25, 0.3) is 0 Å². The largest absolute Gasteiger partial charge is 0.490 e. The summed E-state index contributed by atoms with van der Waals surface area (Å²) < 4.78 is 6.01. The molecule has 114 valence electrons. The summed E-state index contributed by atoms with van der Waals surface area (Å²) in [5.74, 6) is 1.21. The number of hydrogen-bond donors (Lipinski definition) is 1. The van der Waals surface area contributed by atoms with Gasteiger partial charge in [0, 0.05) is 25.9 Å². The molecule has 4 heteroatoms. The first-order chi connectivity index (χ1) is 10.2. The molecule has 0 bridgehead atoms. The van der Waals surface area contributed by atoms with Crippen LogP contribution in [-0.2, 0) is 4.79 Å². The molecule has 2 aliphatic rings. The molecule has 0 aliphatic carbocycles. The molecule has 3 rings (SSSR count). The predicted molar refractivity (Wildman–Crippen MR) is 82.4 cm³/mol. The highest BCUT2D eigenvalue weighted by atomic mass is 16.5. The molecule has 1 unspecified atom stereocenters. The van der Waals surface area contributed by atoms with Crippen LogP contribution in [-0.4, -0.2) is 42.6 Å². The van der Waals surface area contributed by atoms with Crippen LogP contribution >= 0.6 is 0 Å². The van der Waals surface area contributed by atoms with E-state index < -0.39 is 0 Å². The SMILES string of the molecule is Cc1ccc(OC2CCN(C(=O)C3CCCN3)CC2)cc1. The number of nitrogens with zero attached hydrogens (tertiary/aromatic N) is 1. The maximum absolute atomic E-state index is 12.3. The Morgan fingerprint density at radius 1 is 1.19 bits per heavy atom. The molecular weight excluding hydrogens is 264 g/mol. The third-order valence-electron chi connectivity index (χ3n) is 4.44. The van der Waals surface area contributed by atoms with Gasteiger partial charge >= 0.3 is 0 Å². The van der Waals surface area contributed by atoms with Crippen molar-refractivity contribution >= 4 is 5.91 Å². The summed E-state index contributed by atoms with van der Waals surface area (Å²) in [4.78, 5) is 14.3. The summed E-state index contributed by atoms with van der Waals surface area (Å²) in [6.45, 7) is 4.68. The van der Waals surface area contributed by atoms with Gasteiger partial charge in [0.1, 0.15) is 11.9 Å². The van der Waals surface area contributed by atoms with Gasteiger partial charge in [-0.3, -0.25) is 4.79 Å². The van der Waals surface area contributed by atoms with Crippen LogP contribution in [0, 0.1) is 6.92 Å². The van der Waals surface area contributed by atoms with E-state index >= 15 is 0 Å². The first-order valence-electron chi connectivity index (χ1n) is 7.98. The number of likely N-dealkylation sites (tertiary alicyclic amines) is 1.